The molecule has 4 heteroatoms. The lowest BCUT2D eigenvalue weighted by atomic mass is 9.79. The molecule has 2 fully saturated rings. The van der Waals surface area contributed by atoms with Gasteiger partial charge in [-0.3, -0.25) is 4.90 Å². The van der Waals surface area contributed by atoms with E-state index in [1.165, 1.54) is 36.0 Å². The Morgan fingerprint density at radius 2 is 1.56 bits per heavy atom. The van der Waals surface area contributed by atoms with E-state index in [1.54, 1.807) is 0 Å². The molecule has 2 aliphatic heterocycles. The molecule has 2 aromatic carbocycles. The quantitative estimate of drug-likeness (QED) is 0.237. The molecule has 2 aromatic rings. The molecule has 0 radical (unpaired) electrons. The summed E-state index contributed by atoms with van der Waals surface area (Å²) < 4.78 is 0.293. The summed E-state index contributed by atoms with van der Waals surface area (Å²) in [5, 5.41) is 1.54. The molecule has 142 valence electrons. The molecular formula is C23H24Cl2IN. The van der Waals surface area contributed by atoms with Crippen LogP contribution in [-0.2, 0) is 0 Å². The summed E-state index contributed by atoms with van der Waals surface area (Å²) in [6, 6.07) is 17.1. The largest absolute Gasteiger partial charge is 0.289 e. The molecule has 2 aliphatic rings. The van der Waals surface area contributed by atoms with E-state index in [9.17, 15) is 0 Å². The van der Waals surface area contributed by atoms with E-state index in [-0.39, 0.29) is 0 Å². The Balaban J connectivity index is 1.76. The zero-order valence-corrected chi connectivity index (χ0v) is 19.3. The smallest absolute Gasteiger partial charge is 0.0736 e. The van der Waals surface area contributed by atoms with Gasteiger partial charge < -0.3 is 0 Å². The summed E-state index contributed by atoms with van der Waals surface area (Å²) in [6.45, 7) is 2.42. The van der Waals surface area contributed by atoms with Crippen molar-refractivity contribution in [2.45, 2.75) is 35.8 Å². The highest BCUT2D eigenvalue weighted by Gasteiger charge is 2.51. The zero-order valence-electron chi connectivity index (χ0n) is 15.6. The van der Waals surface area contributed by atoms with Crippen molar-refractivity contribution in [3.8, 4) is 0 Å². The van der Waals surface area contributed by atoms with E-state index in [1.807, 2.05) is 24.3 Å². The standard InChI is InChI=1S/C23H24Cl2IN/c1-15-18(14-23(26)12-11-22(15)27(23)2)13-21(16-3-7-19(24)8-4-16)17-5-9-20(25)10-6-17/h3-10,13,15,18,22H,11-12,14H2,1-2H3. The molecular weight excluding hydrogens is 488 g/mol. The highest BCUT2D eigenvalue weighted by Crippen LogP contribution is 2.52. The highest BCUT2D eigenvalue weighted by molar-refractivity contribution is 14.1. The fourth-order valence-corrected chi connectivity index (χ4v) is 6.20. The van der Waals surface area contributed by atoms with Gasteiger partial charge in [-0.2, -0.15) is 0 Å². The fraction of sp³-hybridized carbons (Fsp3) is 0.391. The molecule has 27 heavy (non-hydrogen) atoms. The van der Waals surface area contributed by atoms with Gasteiger partial charge in [0.25, 0.3) is 0 Å². The average molecular weight is 512 g/mol. The van der Waals surface area contributed by atoms with Crippen molar-refractivity contribution >= 4 is 51.4 Å². The lowest BCUT2D eigenvalue weighted by Crippen LogP contribution is -2.50. The number of benzene rings is 2. The SMILES string of the molecule is CC1C(C=C(c2ccc(Cl)cc2)c2ccc(Cl)cc2)CC2(I)CCC1N2C. The lowest BCUT2D eigenvalue weighted by Gasteiger charge is -2.45. The molecule has 0 saturated carbocycles. The Labute approximate surface area is 185 Å². The molecule has 2 saturated heterocycles. The van der Waals surface area contributed by atoms with E-state index < -0.39 is 0 Å². The van der Waals surface area contributed by atoms with Crippen molar-refractivity contribution in [2.75, 3.05) is 7.05 Å². The molecule has 2 bridgehead atoms. The molecule has 1 nitrogen and oxygen atoms in total. The van der Waals surface area contributed by atoms with Crippen molar-refractivity contribution in [3.05, 3.63) is 75.8 Å². The minimum atomic E-state index is 0.293. The Hall–Kier alpha value is -0.550. The molecule has 0 N–H and O–H groups in total. The minimum Gasteiger partial charge on any atom is -0.289 e. The first-order valence-corrected chi connectivity index (χ1v) is 11.4. The summed E-state index contributed by atoms with van der Waals surface area (Å²) in [4.78, 5) is 2.62. The second kappa shape index (κ2) is 7.70. The van der Waals surface area contributed by atoms with Gasteiger partial charge in [-0.25, -0.2) is 0 Å². The topological polar surface area (TPSA) is 3.24 Å². The zero-order chi connectivity index (χ0) is 19.2. The number of alkyl halides is 1. The van der Waals surface area contributed by atoms with E-state index in [0.29, 0.717) is 21.4 Å². The van der Waals surface area contributed by atoms with Crippen LogP contribution in [0, 0.1) is 11.8 Å². The molecule has 2 heterocycles. The number of fused-ring (bicyclic) bond motifs is 2. The van der Waals surface area contributed by atoms with Crippen LogP contribution in [0.2, 0.25) is 10.0 Å². The first kappa shape index (κ1) is 19.8. The molecule has 0 amide bonds. The first-order valence-electron chi connectivity index (χ1n) is 9.53. The van der Waals surface area contributed by atoms with Crippen LogP contribution >= 0.6 is 45.8 Å². The third-order valence-electron chi connectivity index (χ3n) is 6.47. The molecule has 4 rings (SSSR count). The van der Waals surface area contributed by atoms with Gasteiger partial charge in [0, 0.05) is 16.1 Å². The molecule has 0 aromatic heterocycles. The van der Waals surface area contributed by atoms with Crippen molar-refractivity contribution in [3.63, 3.8) is 0 Å². The Kier molecular flexibility index (Phi) is 5.63. The van der Waals surface area contributed by atoms with Crippen LogP contribution in [0.5, 0.6) is 0 Å². The number of rotatable bonds is 3. The summed E-state index contributed by atoms with van der Waals surface area (Å²) in [5.41, 5.74) is 3.70. The van der Waals surface area contributed by atoms with Crippen LogP contribution in [0.3, 0.4) is 0 Å². The van der Waals surface area contributed by atoms with Gasteiger partial charge in [0.05, 0.1) is 3.55 Å². The van der Waals surface area contributed by atoms with E-state index in [2.05, 4.69) is 71.8 Å². The van der Waals surface area contributed by atoms with E-state index in [4.69, 9.17) is 23.2 Å². The van der Waals surface area contributed by atoms with Crippen LogP contribution in [0.1, 0.15) is 37.3 Å². The third kappa shape index (κ3) is 3.83. The number of nitrogens with zero attached hydrogens (tertiary/aromatic N) is 1. The Morgan fingerprint density at radius 3 is 2.07 bits per heavy atom. The number of halogens is 3. The third-order valence-corrected chi connectivity index (χ3v) is 8.72. The highest BCUT2D eigenvalue weighted by atomic mass is 127. The normalized spacial score (nSPS) is 30.3. The van der Waals surface area contributed by atoms with Gasteiger partial charge in [-0.15, -0.1) is 0 Å². The molecule has 4 unspecified atom stereocenters. The number of hydrogen-bond donors (Lipinski definition) is 0. The number of piperidine rings is 1. The maximum atomic E-state index is 6.14. The van der Waals surface area contributed by atoms with Gasteiger partial charge in [0.2, 0.25) is 0 Å². The van der Waals surface area contributed by atoms with Gasteiger partial charge in [0.1, 0.15) is 0 Å². The maximum Gasteiger partial charge on any atom is 0.0736 e. The second-order valence-corrected chi connectivity index (χ2v) is 10.8. The predicted molar refractivity (Wildman–Crippen MR) is 125 cm³/mol. The van der Waals surface area contributed by atoms with Gasteiger partial charge >= 0.3 is 0 Å². The van der Waals surface area contributed by atoms with Gasteiger partial charge in [-0.1, -0.05) is 83.1 Å². The lowest BCUT2D eigenvalue weighted by molar-refractivity contribution is 0.0894. The minimum absolute atomic E-state index is 0.293. The average Bonchev–Trinajstić information content (AvgIpc) is 2.87. The van der Waals surface area contributed by atoms with Crippen LogP contribution in [0.15, 0.2) is 54.6 Å². The molecule has 0 spiro atoms. The fourth-order valence-electron chi connectivity index (χ4n) is 4.77. The van der Waals surface area contributed by atoms with Crippen LogP contribution in [0.4, 0.5) is 0 Å². The van der Waals surface area contributed by atoms with Crippen molar-refractivity contribution < 1.29 is 0 Å². The molecule has 0 aliphatic carbocycles. The Bertz CT molecular complexity index is 798. The summed E-state index contributed by atoms with van der Waals surface area (Å²) >= 11 is 15.0. The number of hydrogen-bond acceptors (Lipinski definition) is 1. The Morgan fingerprint density at radius 1 is 1.04 bits per heavy atom. The van der Waals surface area contributed by atoms with Gasteiger partial charge in [0.15, 0.2) is 0 Å². The van der Waals surface area contributed by atoms with Crippen molar-refractivity contribution in [1.82, 2.24) is 4.90 Å². The van der Waals surface area contributed by atoms with Crippen LogP contribution < -0.4 is 0 Å². The monoisotopic (exact) mass is 511 g/mol. The van der Waals surface area contributed by atoms with Crippen LogP contribution in [-0.4, -0.2) is 21.5 Å². The number of allylic oxidation sites excluding steroid dienone is 1. The van der Waals surface area contributed by atoms with Crippen molar-refractivity contribution in [2.24, 2.45) is 11.8 Å². The predicted octanol–water partition coefficient (Wildman–Crippen LogP) is 7.31. The molecule has 4 atom stereocenters. The van der Waals surface area contributed by atoms with Crippen LogP contribution in [0.25, 0.3) is 5.57 Å². The summed E-state index contributed by atoms with van der Waals surface area (Å²) in [6.07, 6.45) is 6.31. The summed E-state index contributed by atoms with van der Waals surface area (Å²) in [7, 11) is 2.31. The second-order valence-electron chi connectivity index (χ2n) is 7.96. The van der Waals surface area contributed by atoms with Gasteiger partial charge in [-0.05, 0) is 79.1 Å². The maximum absolute atomic E-state index is 6.14. The van der Waals surface area contributed by atoms with E-state index in [0.717, 1.165) is 10.0 Å². The summed E-state index contributed by atoms with van der Waals surface area (Å²) in [5.74, 6) is 1.21. The van der Waals surface area contributed by atoms with E-state index >= 15 is 0 Å². The van der Waals surface area contributed by atoms with Crippen molar-refractivity contribution in [1.29, 1.82) is 0 Å². The first-order chi connectivity index (χ1) is 12.9.